The molecule has 0 aromatic carbocycles. The molecule has 0 aliphatic heterocycles. The Morgan fingerprint density at radius 3 is 2.35 bits per heavy atom. The van der Waals surface area contributed by atoms with Crippen LogP contribution in [0, 0.1) is 41.4 Å². The molecule has 8 unspecified atom stereocenters. The lowest BCUT2D eigenvalue weighted by atomic mass is 9.67. The maximum absolute atomic E-state index is 12.4. The molecule has 0 radical (unpaired) electrons. The Labute approximate surface area is 121 Å². The van der Waals surface area contributed by atoms with E-state index in [1.54, 1.807) is 0 Å². The van der Waals surface area contributed by atoms with Crippen LogP contribution in [0.1, 0.15) is 46.5 Å². The van der Waals surface area contributed by atoms with Crippen LogP contribution in [0.25, 0.3) is 0 Å². The minimum atomic E-state index is -0.382. The first kappa shape index (κ1) is 13.1. The van der Waals surface area contributed by atoms with Gasteiger partial charge in [-0.25, -0.2) is 0 Å². The van der Waals surface area contributed by atoms with Crippen molar-refractivity contribution in [3.63, 3.8) is 0 Å². The Kier molecular flexibility index (Phi) is 2.62. The van der Waals surface area contributed by atoms with Gasteiger partial charge < -0.3 is 9.84 Å². The Morgan fingerprint density at radius 1 is 1.00 bits per heavy atom. The number of hydrogen-bond acceptors (Lipinski definition) is 3. The van der Waals surface area contributed by atoms with Gasteiger partial charge in [0.1, 0.15) is 5.60 Å². The van der Waals surface area contributed by atoms with Crippen molar-refractivity contribution in [2.75, 3.05) is 0 Å². The second-order valence-corrected chi connectivity index (χ2v) is 8.65. The van der Waals surface area contributed by atoms with Crippen molar-refractivity contribution in [1.82, 2.24) is 0 Å². The van der Waals surface area contributed by atoms with Crippen molar-refractivity contribution in [2.45, 2.75) is 58.2 Å². The van der Waals surface area contributed by atoms with Crippen LogP contribution < -0.4 is 0 Å². The zero-order chi connectivity index (χ0) is 14.2. The SMILES string of the molecule is CC(C)(C)OC(=O)C1CC2CC1C1C3CC(CC3O)C21. The average molecular weight is 278 g/mol. The van der Waals surface area contributed by atoms with Gasteiger partial charge in [-0.05, 0) is 82.0 Å². The van der Waals surface area contributed by atoms with E-state index in [9.17, 15) is 9.90 Å². The fourth-order valence-corrected chi connectivity index (χ4v) is 6.22. The van der Waals surface area contributed by atoms with Crippen molar-refractivity contribution in [3.05, 3.63) is 0 Å². The summed E-state index contributed by atoms with van der Waals surface area (Å²) in [6, 6.07) is 0. The van der Waals surface area contributed by atoms with E-state index in [2.05, 4.69) is 0 Å². The second kappa shape index (κ2) is 4.00. The molecule has 0 aromatic heterocycles. The summed E-state index contributed by atoms with van der Waals surface area (Å²) in [5.74, 6) is 3.98. The quantitative estimate of drug-likeness (QED) is 0.592. The highest BCUT2D eigenvalue weighted by Gasteiger charge is 2.65. The van der Waals surface area contributed by atoms with Gasteiger partial charge in [0.2, 0.25) is 0 Å². The normalized spacial score (nSPS) is 52.4. The summed E-state index contributed by atoms with van der Waals surface area (Å²) < 4.78 is 5.63. The fraction of sp³-hybridized carbons (Fsp3) is 0.941. The monoisotopic (exact) mass is 278 g/mol. The van der Waals surface area contributed by atoms with Crippen molar-refractivity contribution < 1.29 is 14.6 Å². The molecule has 112 valence electrons. The number of hydrogen-bond donors (Lipinski definition) is 1. The van der Waals surface area contributed by atoms with Crippen LogP contribution in [0.5, 0.6) is 0 Å². The number of ether oxygens (including phenoxy) is 1. The lowest BCUT2D eigenvalue weighted by molar-refractivity contribution is -0.164. The summed E-state index contributed by atoms with van der Waals surface area (Å²) in [6.07, 6.45) is 4.38. The van der Waals surface area contributed by atoms with Crippen molar-refractivity contribution >= 4 is 5.97 Å². The number of aliphatic hydroxyl groups is 1. The number of carbonyl (C=O) groups is 1. The molecule has 4 fully saturated rings. The van der Waals surface area contributed by atoms with Crippen LogP contribution in [0.3, 0.4) is 0 Å². The highest BCUT2D eigenvalue weighted by molar-refractivity contribution is 5.74. The second-order valence-electron chi connectivity index (χ2n) is 8.65. The molecule has 0 spiro atoms. The van der Waals surface area contributed by atoms with Crippen LogP contribution >= 0.6 is 0 Å². The van der Waals surface area contributed by atoms with E-state index >= 15 is 0 Å². The van der Waals surface area contributed by atoms with E-state index in [0.717, 1.165) is 30.6 Å². The topological polar surface area (TPSA) is 46.5 Å². The van der Waals surface area contributed by atoms with Crippen molar-refractivity contribution in [3.8, 4) is 0 Å². The Morgan fingerprint density at radius 2 is 1.65 bits per heavy atom. The first-order valence-electron chi connectivity index (χ1n) is 8.26. The molecule has 4 rings (SSSR count). The molecule has 0 aromatic rings. The summed E-state index contributed by atoms with van der Waals surface area (Å²) in [5.41, 5.74) is -0.382. The molecule has 8 atom stereocenters. The summed E-state index contributed by atoms with van der Waals surface area (Å²) in [4.78, 5) is 12.4. The molecule has 0 heterocycles. The Bertz CT molecular complexity index is 438. The standard InChI is InChI=1S/C17H26O3/c1-17(2,3)20-16(19)11-5-8-4-10(11)15-12-6-9(14(8)15)7-13(12)18/h8-15,18H,4-7H2,1-3H3. The summed E-state index contributed by atoms with van der Waals surface area (Å²) in [5, 5.41) is 10.2. The van der Waals surface area contributed by atoms with E-state index < -0.39 is 0 Å². The predicted molar refractivity (Wildman–Crippen MR) is 74.7 cm³/mol. The maximum atomic E-state index is 12.4. The van der Waals surface area contributed by atoms with Gasteiger partial charge in [0.15, 0.2) is 0 Å². The molecular weight excluding hydrogens is 252 g/mol. The largest absolute Gasteiger partial charge is 0.460 e. The van der Waals surface area contributed by atoms with Gasteiger partial charge in [-0.2, -0.15) is 0 Å². The maximum Gasteiger partial charge on any atom is 0.309 e. The zero-order valence-corrected chi connectivity index (χ0v) is 12.7. The third kappa shape index (κ3) is 1.71. The first-order valence-corrected chi connectivity index (χ1v) is 8.26. The lowest BCUT2D eigenvalue weighted by Gasteiger charge is -2.40. The highest BCUT2D eigenvalue weighted by atomic mass is 16.6. The van der Waals surface area contributed by atoms with E-state index in [4.69, 9.17) is 4.74 Å². The smallest absolute Gasteiger partial charge is 0.309 e. The van der Waals surface area contributed by atoms with Gasteiger partial charge in [0.25, 0.3) is 0 Å². The molecule has 4 aliphatic carbocycles. The minimum absolute atomic E-state index is 0.0145. The van der Waals surface area contributed by atoms with Crippen LogP contribution in [-0.4, -0.2) is 22.8 Å². The van der Waals surface area contributed by atoms with Gasteiger partial charge in [0, 0.05) is 0 Å². The molecule has 3 heteroatoms. The lowest BCUT2D eigenvalue weighted by Crippen LogP contribution is -2.41. The van der Waals surface area contributed by atoms with Crippen molar-refractivity contribution in [1.29, 1.82) is 0 Å². The van der Waals surface area contributed by atoms with Crippen molar-refractivity contribution in [2.24, 2.45) is 41.4 Å². The molecule has 4 bridgehead atoms. The highest BCUT2D eigenvalue weighted by Crippen LogP contribution is 2.68. The molecule has 4 aliphatic rings. The van der Waals surface area contributed by atoms with Gasteiger partial charge in [0.05, 0.1) is 12.0 Å². The average Bonchev–Trinajstić information content (AvgIpc) is 3.01. The molecular formula is C17H26O3. The molecule has 3 nitrogen and oxygen atoms in total. The zero-order valence-electron chi connectivity index (χ0n) is 12.7. The van der Waals surface area contributed by atoms with Gasteiger partial charge in [-0.1, -0.05) is 0 Å². The fourth-order valence-electron chi connectivity index (χ4n) is 6.22. The molecule has 20 heavy (non-hydrogen) atoms. The van der Waals surface area contributed by atoms with Crippen LogP contribution in [-0.2, 0) is 9.53 Å². The molecule has 4 saturated carbocycles. The van der Waals surface area contributed by atoms with Gasteiger partial charge in [-0.15, -0.1) is 0 Å². The predicted octanol–water partition coefficient (Wildman–Crippen LogP) is 2.62. The van der Waals surface area contributed by atoms with E-state index in [1.807, 2.05) is 20.8 Å². The molecule has 1 N–H and O–H groups in total. The number of fused-ring (bicyclic) bond motifs is 9. The number of rotatable bonds is 1. The summed E-state index contributed by atoms with van der Waals surface area (Å²) in [6.45, 7) is 5.84. The number of carbonyl (C=O) groups excluding carboxylic acids is 1. The Hall–Kier alpha value is -0.570. The van der Waals surface area contributed by atoms with E-state index in [0.29, 0.717) is 17.8 Å². The van der Waals surface area contributed by atoms with Gasteiger partial charge in [-0.3, -0.25) is 4.79 Å². The number of esters is 1. The summed E-state index contributed by atoms with van der Waals surface area (Å²) >= 11 is 0. The van der Waals surface area contributed by atoms with E-state index in [1.165, 1.54) is 12.8 Å². The van der Waals surface area contributed by atoms with Crippen LogP contribution in [0.4, 0.5) is 0 Å². The third-order valence-electron chi connectivity index (χ3n) is 6.49. The minimum Gasteiger partial charge on any atom is -0.460 e. The molecule has 0 amide bonds. The van der Waals surface area contributed by atoms with Crippen LogP contribution in [0.2, 0.25) is 0 Å². The van der Waals surface area contributed by atoms with Gasteiger partial charge >= 0.3 is 5.97 Å². The first-order chi connectivity index (χ1) is 9.35. The third-order valence-corrected chi connectivity index (χ3v) is 6.49. The number of aliphatic hydroxyl groups excluding tert-OH is 1. The summed E-state index contributed by atoms with van der Waals surface area (Å²) in [7, 11) is 0. The Balaban J connectivity index is 1.53. The van der Waals surface area contributed by atoms with Crippen LogP contribution in [0.15, 0.2) is 0 Å². The molecule has 0 saturated heterocycles. The van der Waals surface area contributed by atoms with E-state index in [-0.39, 0.29) is 23.6 Å².